The van der Waals surface area contributed by atoms with Crippen LogP contribution in [0.1, 0.15) is 48.8 Å². The fraction of sp³-hybridized carbons (Fsp3) is 0.385. The third-order valence-electron chi connectivity index (χ3n) is 5.45. The number of carbonyl (C=O) groups excluding carboxylic acids is 3. The van der Waals surface area contributed by atoms with Crippen molar-refractivity contribution in [3.8, 4) is 0 Å². The van der Waals surface area contributed by atoms with Gasteiger partial charge in [-0.2, -0.15) is 0 Å². The van der Waals surface area contributed by atoms with Crippen LogP contribution in [0.25, 0.3) is 5.57 Å². The first kappa shape index (κ1) is 27.5. The van der Waals surface area contributed by atoms with Crippen LogP contribution in [0.5, 0.6) is 0 Å². The molecule has 1 aromatic carbocycles. The van der Waals surface area contributed by atoms with E-state index < -0.39 is 23.5 Å². The quantitative estimate of drug-likeness (QED) is 0.528. The molecule has 1 aromatic heterocycles. The van der Waals surface area contributed by atoms with Crippen LogP contribution in [0.4, 0.5) is 4.79 Å². The van der Waals surface area contributed by atoms with Crippen molar-refractivity contribution < 1.29 is 23.9 Å². The number of ether oxygens (including phenoxy) is 2. The van der Waals surface area contributed by atoms with Gasteiger partial charge in [0.05, 0.1) is 22.7 Å². The van der Waals surface area contributed by atoms with Gasteiger partial charge in [0.1, 0.15) is 11.6 Å². The Hall–Kier alpha value is -3.10. The maximum Gasteiger partial charge on any atom is 0.410 e. The molecule has 0 bridgehead atoms. The second-order valence-corrected chi connectivity index (χ2v) is 10.1. The number of pyridine rings is 1. The number of benzene rings is 1. The van der Waals surface area contributed by atoms with Gasteiger partial charge in [-0.15, -0.1) is 0 Å². The number of rotatable bonds is 6. The highest BCUT2D eigenvalue weighted by molar-refractivity contribution is 6.39. The van der Waals surface area contributed by atoms with Crippen molar-refractivity contribution >= 4 is 46.7 Å². The highest BCUT2D eigenvalue weighted by Crippen LogP contribution is 2.25. The second-order valence-electron chi connectivity index (χ2n) is 9.29. The molecule has 0 fully saturated rings. The number of halogens is 2. The third-order valence-corrected chi connectivity index (χ3v) is 6.08. The molecule has 0 unspecified atom stereocenters. The minimum Gasteiger partial charge on any atom is -0.467 e. The molecule has 192 valence electrons. The summed E-state index contributed by atoms with van der Waals surface area (Å²) in [6.07, 6.45) is 4.15. The van der Waals surface area contributed by atoms with E-state index in [0.29, 0.717) is 25.2 Å². The molecule has 2 aromatic rings. The molecule has 1 atom stereocenters. The Bertz CT molecular complexity index is 1140. The van der Waals surface area contributed by atoms with Crippen molar-refractivity contribution in [3.63, 3.8) is 0 Å². The topological polar surface area (TPSA) is 97.8 Å². The summed E-state index contributed by atoms with van der Waals surface area (Å²) in [4.78, 5) is 43.5. The maximum absolute atomic E-state index is 12.8. The summed E-state index contributed by atoms with van der Waals surface area (Å²) in [6.45, 7) is 6.51. The highest BCUT2D eigenvalue weighted by Gasteiger charge is 2.26. The number of hydrogen-bond acceptors (Lipinski definition) is 6. The molecule has 10 heteroatoms. The van der Waals surface area contributed by atoms with Crippen molar-refractivity contribution in [2.45, 2.75) is 45.3 Å². The zero-order valence-electron chi connectivity index (χ0n) is 20.6. The number of hydrogen-bond donors (Lipinski definition) is 1. The van der Waals surface area contributed by atoms with Crippen LogP contribution in [0.15, 0.2) is 42.6 Å². The summed E-state index contributed by atoms with van der Waals surface area (Å²) >= 11 is 12.2. The minimum absolute atomic E-state index is 0.0858. The fourth-order valence-electron chi connectivity index (χ4n) is 3.65. The lowest BCUT2D eigenvalue weighted by Gasteiger charge is -2.29. The van der Waals surface area contributed by atoms with Gasteiger partial charge in [-0.25, -0.2) is 9.59 Å². The standard InChI is InChI=1S/C26H29Cl2N3O5/c1-26(2,3)36-25(34)31-12-10-16(11-13-31)17-8-9-18(29-15-17)14-21(24(33)35-4)30-23(32)22-19(27)6-5-7-20(22)28/h5-10,15,21H,11-14H2,1-4H3,(H,30,32)/t21-/m0/s1. The Kier molecular flexibility index (Phi) is 8.98. The lowest BCUT2D eigenvalue weighted by molar-refractivity contribution is -0.142. The number of nitrogens with one attached hydrogen (secondary N) is 1. The summed E-state index contributed by atoms with van der Waals surface area (Å²) in [5, 5.41) is 3.00. The van der Waals surface area contributed by atoms with Gasteiger partial charge >= 0.3 is 12.1 Å². The average molecular weight is 534 g/mol. The summed E-state index contributed by atoms with van der Waals surface area (Å²) in [6, 6.07) is 7.43. The second kappa shape index (κ2) is 11.8. The van der Waals surface area contributed by atoms with E-state index >= 15 is 0 Å². The normalized spacial score (nSPS) is 14.5. The van der Waals surface area contributed by atoms with E-state index in [9.17, 15) is 14.4 Å². The average Bonchev–Trinajstić information content (AvgIpc) is 2.82. The Balaban J connectivity index is 1.67. The number of aromatic nitrogens is 1. The predicted molar refractivity (Wildman–Crippen MR) is 138 cm³/mol. The molecule has 1 N–H and O–H groups in total. The van der Waals surface area contributed by atoms with E-state index in [1.165, 1.54) is 7.11 Å². The first-order valence-corrected chi connectivity index (χ1v) is 12.2. The Morgan fingerprint density at radius 2 is 1.83 bits per heavy atom. The number of amides is 2. The molecule has 0 saturated heterocycles. The molecule has 0 saturated carbocycles. The fourth-order valence-corrected chi connectivity index (χ4v) is 4.22. The van der Waals surface area contributed by atoms with Gasteiger partial charge in [0.2, 0.25) is 0 Å². The number of carbonyl (C=O) groups is 3. The van der Waals surface area contributed by atoms with Gasteiger partial charge < -0.3 is 19.7 Å². The van der Waals surface area contributed by atoms with Gasteiger partial charge in [0.25, 0.3) is 5.91 Å². The van der Waals surface area contributed by atoms with Crippen LogP contribution in [0.2, 0.25) is 10.0 Å². The van der Waals surface area contributed by atoms with Crippen molar-refractivity contribution in [2.75, 3.05) is 20.2 Å². The summed E-state index contributed by atoms with van der Waals surface area (Å²) in [5.74, 6) is -1.20. The number of nitrogens with zero attached hydrogens (tertiary/aromatic N) is 2. The first-order chi connectivity index (χ1) is 17.0. The SMILES string of the molecule is COC(=O)[C@H](Cc1ccc(C2=CCN(C(=O)OC(C)(C)C)CC2)cn1)NC(=O)c1c(Cl)cccc1Cl. The molecule has 0 aliphatic carbocycles. The lowest BCUT2D eigenvalue weighted by atomic mass is 10.0. The van der Waals surface area contributed by atoms with E-state index in [0.717, 1.165) is 11.1 Å². The highest BCUT2D eigenvalue weighted by atomic mass is 35.5. The molecule has 1 aliphatic rings. The molecule has 1 aliphatic heterocycles. The van der Waals surface area contributed by atoms with Gasteiger partial charge in [-0.1, -0.05) is 41.4 Å². The largest absolute Gasteiger partial charge is 0.467 e. The third kappa shape index (κ3) is 7.21. The van der Waals surface area contributed by atoms with Crippen molar-refractivity contribution in [3.05, 3.63) is 69.5 Å². The molecule has 2 amide bonds. The van der Waals surface area contributed by atoms with Crippen molar-refractivity contribution in [1.29, 1.82) is 0 Å². The van der Waals surface area contributed by atoms with Crippen LogP contribution in [-0.2, 0) is 20.7 Å². The van der Waals surface area contributed by atoms with E-state index in [-0.39, 0.29) is 28.1 Å². The van der Waals surface area contributed by atoms with Crippen LogP contribution in [0.3, 0.4) is 0 Å². The molecule has 0 radical (unpaired) electrons. The van der Waals surface area contributed by atoms with Gasteiger partial charge in [0.15, 0.2) is 0 Å². The smallest absolute Gasteiger partial charge is 0.410 e. The first-order valence-electron chi connectivity index (χ1n) is 11.4. The molecule has 3 rings (SSSR count). The van der Waals surface area contributed by atoms with Crippen LogP contribution in [-0.4, -0.2) is 59.7 Å². The maximum atomic E-state index is 12.8. The number of esters is 1. The van der Waals surface area contributed by atoms with E-state index in [1.807, 2.05) is 32.9 Å². The molecule has 2 heterocycles. The monoisotopic (exact) mass is 533 g/mol. The summed E-state index contributed by atoms with van der Waals surface area (Å²) < 4.78 is 10.3. The summed E-state index contributed by atoms with van der Waals surface area (Å²) in [7, 11) is 1.25. The molecule has 36 heavy (non-hydrogen) atoms. The molecular formula is C26H29Cl2N3O5. The van der Waals surface area contributed by atoms with E-state index in [2.05, 4.69) is 10.3 Å². The van der Waals surface area contributed by atoms with E-state index in [4.69, 9.17) is 32.7 Å². The van der Waals surface area contributed by atoms with Gasteiger partial charge in [0, 0.05) is 31.4 Å². The zero-order chi connectivity index (χ0) is 26.5. The summed E-state index contributed by atoms with van der Waals surface area (Å²) in [5.41, 5.74) is 2.13. The van der Waals surface area contributed by atoms with Crippen LogP contribution >= 0.6 is 23.2 Å². The lowest BCUT2D eigenvalue weighted by Crippen LogP contribution is -2.43. The van der Waals surface area contributed by atoms with Gasteiger partial charge in [-0.3, -0.25) is 9.78 Å². The van der Waals surface area contributed by atoms with E-state index in [1.54, 1.807) is 35.4 Å². The minimum atomic E-state index is -0.982. The Morgan fingerprint density at radius 3 is 2.36 bits per heavy atom. The van der Waals surface area contributed by atoms with Crippen LogP contribution < -0.4 is 5.32 Å². The zero-order valence-corrected chi connectivity index (χ0v) is 22.2. The van der Waals surface area contributed by atoms with Gasteiger partial charge in [-0.05, 0) is 56.5 Å². The molecule has 8 nitrogen and oxygen atoms in total. The van der Waals surface area contributed by atoms with Crippen molar-refractivity contribution in [1.82, 2.24) is 15.2 Å². The Labute approximate surface area is 220 Å². The molecule has 0 spiro atoms. The van der Waals surface area contributed by atoms with Crippen LogP contribution in [0, 0.1) is 0 Å². The number of methoxy groups -OCH3 is 1. The van der Waals surface area contributed by atoms with Crippen molar-refractivity contribution in [2.24, 2.45) is 0 Å². The Morgan fingerprint density at radius 1 is 1.14 bits per heavy atom. The molecular weight excluding hydrogens is 505 g/mol. The predicted octanol–water partition coefficient (Wildman–Crippen LogP) is 4.93.